The van der Waals surface area contributed by atoms with Gasteiger partial charge >= 0.3 is 0 Å². The van der Waals surface area contributed by atoms with Crippen molar-refractivity contribution in [2.75, 3.05) is 0 Å². The van der Waals surface area contributed by atoms with E-state index in [-0.39, 0.29) is 5.03 Å². The molecule has 1 aromatic carbocycles. The van der Waals surface area contributed by atoms with Crippen LogP contribution in [0.3, 0.4) is 0 Å². The fourth-order valence-corrected chi connectivity index (χ4v) is 1.88. The molecule has 0 aliphatic heterocycles. The van der Waals surface area contributed by atoms with Gasteiger partial charge in [0, 0.05) is 16.1 Å². The van der Waals surface area contributed by atoms with Crippen LogP contribution < -0.4 is 0 Å². The first-order valence-electron chi connectivity index (χ1n) is 3.88. The number of hydrogen-bond donors (Lipinski definition) is 0. The van der Waals surface area contributed by atoms with Crippen molar-refractivity contribution < 1.29 is 8.42 Å². The maximum atomic E-state index is 11.0. The van der Waals surface area contributed by atoms with E-state index in [1.54, 1.807) is 18.2 Å². The number of fused-ring (bicyclic) bond motifs is 1. The van der Waals surface area contributed by atoms with Gasteiger partial charge in [-0.3, -0.25) is 0 Å². The first-order valence-corrected chi connectivity index (χ1v) is 6.19. The fourth-order valence-electron chi connectivity index (χ4n) is 1.18. The summed E-state index contributed by atoms with van der Waals surface area (Å²) in [5.74, 6) is 0. The van der Waals surface area contributed by atoms with E-state index in [0.717, 1.165) is 5.39 Å². The molecule has 0 saturated heterocycles. The van der Waals surface area contributed by atoms with Gasteiger partial charge in [-0.25, -0.2) is 13.4 Å². The minimum Gasteiger partial charge on any atom is -0.235 e. The maximum Gasteiger partial charge on any atom is 0.278 e. The van der Waals surface area contributed by atoms with Crippen LogP contribution in [0, 0.1) is 0 Å². The highest BCUT2D eigenvalue weighted by Gasteiger charge is 2.11. The van der Waals surface area contributed by atoms with Gasteiger partial charge in [-0.1, -0.05) is 18.2 Å². The number of rotatable bonds is 1. The van der Waals surface area contributed by atoms with E-state index in [2.05, 4.69) is 4.98 Å². The van der Waals surface area contributed by atoms with E-state index in [1.807, 2.05) is 12.1 Å². The number of pyridine rings is 1. The Morgan fingerprint density at radius 1 is 1.07 bits per heavy atom. The number of nitrogens with zero attached hydrogens (tertiary/aromatic N) is 1. The van der Waals surface area contributed by atoms with Gasteiger partial charge in [0.1, 0.15) is 0 Å². The first-order chi connectivity index (χ1) is 6.57. The summed E-state index contributed by atoms with van der Waals surface area (Å²) in [6.07, 6.45) is 0. The Bertz CT molecular complexity index is 580. The lowest BCUT2D eigenvalue weighted by Gasteiger charge is -1.98. The van der Waals surface area contributed by atoms with Crippen LogP contribution >= 0.6 is 10.7 Å². The molecule has 0 N–H and O–H groups in total. The van der Waals surface area contributed by atoms with Crippen molar-refractivity contribution in [3.05, 3.63) is 36.4 Å². The lowest BCUT2D eigenvalue weighted by atomic mass is 10.2. The molecule has 5 heteroatoms. The lowest BCUT2D eigenvalue weighted by molar-refractivity contribution is 0.606. The van der Waals surface area contributed by atoms with Crippen molar-refractivity contribution in [2.24, 2.45) is 0 Å². The van der Waals surface area contributed by atoms with Crippen molar-refractivity contribution >= 4 is 30.6 Å². The van der Waals surface area contributed by atoms with Crippen LogP contribution in [0.5, 0.6) is 0 Å². The molecule has 1 heterocycles. The Kier molecular flexibility index (Phi) is 2.17. The van der Waals surface area contributed by atoms with Gasteiger partial charge in [-0.05, 0) is 18.2 Å². The number of aromatic nitrogens is 1. The van der Waals surface area contributed by atoms with Crippen LogP contribution in [0.2, 0.25) is 0 Å². The van der Waals surface area contributed by atoms with Gasteiger partial charge < -0.3 is 0 Å². The molecule has 0 spiro atoms. The van der Waals surface area contributed by atoms with E-state index >= 15 is 0 Å². The molecule has 0 aliphatic carbocycles. The standard InChI is InChI=1S/C9H6ClNO2S/c10-14(12,13)9-6-5-7-3-1-2-4-8(7)11-9/h1-6H. The molecule has 0 bridgehead atoms. The molecular weight excluding hydrogens is 222 g/mol. The zero-order valence-corrected chi connectivity index (χ0v) is 8.59. The molecule has 0 saturated carbocycles. The molecule has 0 unspecified atom stereocenters. The van der Waals surface area contributed by atoms with Crippen molar-refractivity contribution in [3.8, 4) is 0 Å². The molecule has 1 aromatic heterocycles. The Balaban J connectivity index is 2.75. The molecule has 0 radical (unpaired) electrons. The molecular formula is C9H6ClNO2S. The summed E-state index contributed by atoms with van der Waals surface area (Å²) >= 11 is 0. The summed E-state index contributed by atoms with van der Waals surface area (Å²) in [5.41, 5.74) is 0.620. The minimum atomic E-state index is -3.73. The van der Waals surface area contributed by atoms with E-state index in [9.17, 15) is 8.42 Å². The normalized spacial score (nSPS) is 11.8. The molecule has 2 aromatic rings. The third-order valence-electron chi connectivity index (χ3n) is 1.82. The predicted octanol–water partition coefficient (Wildman–Crippen LogP) is 2.16. The number of hydrogen-bond acceptors (Lipinski definition) is 3. The summed E-state index contributed by atoms with van der Waals surface area (Å²) < 4.78 is 22.0. The van der Waals surface area contributed by atoms with Crippen molar-refractivity contribution in [3.63, 3.8) is 0 Å². The molecule has 72 valence electrons. The lowest BCUT2D eigenvalue weighted by Crippen LogP contribution is -1.94. The first kappa shape index (κ1) is 9.43. The van der Waals surface area contributed by atoms with Crippen LogP contribution in [-0.4, -0.2) is 13.4 Å². The minimum absolute atomic E-state index is 0.113. The van der Waals surface area contributed by atoms with Gasteiger partial charge in [-0.15, -0.1) is 0 Å². The number of halogens is 1. The average Bonchev–Trinajstić information content (AvgIpc) is 2.16. The molecule has 2 rings (SSSR count). The summed E-state index contributed by atoms with van der Waals surface area (Å²) in [7, 11) is 1.44. The largest absolute Gasteiger partial charge is 0.278 e. The van der Waals surface area contributed by atoms with Crippen LogP contribution in [-0.2, 0) is 9.05 Å². The number of para-hydroxylation sites is 1. The van der Waals surface area contributed by atoms with Crippen molar-refractivity contribution in [1.29, 1.82) is 0 Å². The fraction of sp³-hybridized carbons (Fsp3) is 0. The van der Waals surface area contributed by atoms with Crippen LogP contribution in [0.1, 0.15) is 0 Å². The van der Waals surface area contributed by atoms with Crippen molar-refractivity contribution in [1.82, 2.24) is 4.98 Å². The van der Waals surface area contributed by atoms with E-state index in [4.69, 9.17) is 10.7 Å². The average molecular weight is 228 g/mol. The summed E-state index contributed by atoms with van der Waals surface area (Å²) in [6.45, 7) is 0. The second-order valence-corrected chi connectivity index (χ2v) is 5.29. The van der Waals surface area contributed by atoms with Crippen molar-refractivity contribution in [2.45, 2.75) is 5.03 Å². The van der Waals surface area contributed by atoms with Gasteiger partial charge in [-0.2, -0.15) is 0 Å². The molecule has 3 nitrogen and oxygen atoms in total. The molecule has 0 amide bonds. The van der Waals surface area contributed by atoms with E-state index in [0.29, 0.717) is 5.52 Å². The molecule has 0 atom stereocenters. The zero-order valence-electron chi connectivity index (χ0n) is 7.01. The molecule has 0 fully saturated rings. The molecule has 0 aliphatic rings. The Morgan fingerprint density at radius 2 is 1.79 bits per heavy atom. The summed E-state index contributed by atoms with van der Waals surface area (Å²) in [6, 6.07) is 10.3. The second kappa shape index (κ2) is 3.22. The number of benzene rings is 1. The topological polar surface area (TPSA) is 47.0 Å². The monoisotopic (exact) mass is 227 g/mol. The van der Waals surface area contributed by atoms with Gasteiger partial charge in [0.2, 0.25) is 0 Å². The Morgan fingerprint density at radius 3 is 2.50 bits per heavy atom. The smallest absolute Gasteiger partial charge is 0.235 e. The second-order valence-electron chi connectivity index (χ2n) is 2.78. The molecule has 14 heavy (non-hydrogen) atoms. The summed E-state index contributed by atoms with van der Waals surface area (Å²) in [5, 5.41) is 0.773. The predicted molar refractivity (Wildman–Crippen MR) is 54.8 cm³/mol. The quantitative estimate of drug-likeness (QED) is 0.702. The third-order valence-corrected chi connectivity index (χ3v) is 3.02. The zero-order chi connectivity index (χ0) is 10.2. The van der Waals surface area contributed by atoms with Crippen LogP contribution in [0.25, 0.3) is 10.9 Å². The van der Waals surface area contributed by atoms with E-state index < -0.39 is 9.05 Å². The Hall–Kier alpha value is -1.13. The van der Waals surface area contributed by atoms with Crippen LogP contribution in [0.4, 0.5) is 0 Å². The highest BCUT2D eigenvalue weighted by Crippen LogP contribution is 2.17. The van der Waals surface area contributed by atoms with Crippen LogP contribution in [0.15, 0.2) is 41.4 Å². The SMILES string of the molecule is O=S(=O)(Cl)c1ccc2ccccc2n1. The maximum absolute atomic E-state index is 11.0. The summed E-state index contributed by atoms with van der Waals surface area (Å²) in [4.78, 5) is 3.93. The van der Waals surface area contributed by atoms with E-state index in [1.165, 1.54) is 6.07 Å². The van der Waals surface area contributed by atoms with Gasteiger partial charge in [0.25, 0.3) is 9.05 Å². The highest BCUT2D eigenvalue weighted by atomic mass is 35.7. The van der Waals surface area contributed by atoms with Gasteiger partial charge in [0.05, 0.1) is 5.52 Å². The highest BCUT2D eigenvalue weighted by molar-refractivity contribution is 8.13. The van der Waals surface area contributed by atoms with Gasteiger partial charge in [0.15, 0.2) is 5.03 Å². The Labute approximate surface area is 85.8 Å². The third kappa shape index (κ3) is 1.71.